The maximum Gasteiger partial charge on any atom is 0.0346 e. The van der Waals surface area contributed by atoms with E-state index in [4.69, 9.17) is 0 Å². The van der Waals surface area contributed by atoms with Crippen LogP contribution in [0.2, 0.25) is 0 Å². The van der Waals surface area contributed by atoms with E-state index in [1.165, 1.54) is 21.2 Å². The fourth-order valence-corrected chi connectivity index (χ4v) is 2.52. The predicted molar refractivity (Wildman–Crippen MR) is 74.9 cm³/mol. The fraction of sp³-hybridized carbons (Fsp3) is 0.571. The Morgan fingerprint density at radius 1 is 1.19 bits per heavy atom. The van der Waals surface area contributed by atoms with Crippen LogP contribution in [0.4, 0.5) is 0 Å². The highest BCUT2D eigenvalue weighted by Gasteiger charge is 2.17. The fourth-order valence-electron chi connectivity index (χ4n) is 2.06. The molecule has 1 N–H and O–H groups in total. The third kappa shape index (κ3) is 3.08. The Morgan fingerprint density at radius 2 is 1.81 bits per heavy atom. The Balaban J connectivity index is 3.13. The van der Waals surface area contributed by atoms with Crippen molar-refractivity contribution in [3.63, 3.8) is 0 Å². The summed E-state index contributed by atoms with van der Waals surface area (Å²) in [7, 11) is 0. The number of rotatable bonds is 4. The smallest absolute Gasteiger partial charge is 0.0346 e. The SMILES string of the molecule is CCNC(c1cc(C)c(Br)cc1C)C(C)C. The Morgan fingerprint density at radius 3 is 2.31 bits per heavy atom. The number of aryl methyl sites for hydroxylation is 2. The van der Waals surface area contributed by atoms with Crippen molar-refractivity contribution < 1.29 is 0 Å². The van der Waals surface area contributed by atoms with E-state index in [9.17, 15) is 0 Å². The molecule has 0 spiro atoms. The van der Waals surface area contributed by atoms with Gasteiger partial charge in [0.25, 0.3) is 0 Å². The van der Waals surface area contributed by atoms with Crippen LogP contribution >= 0.6 is 15.9 Å². The third-order valence-electron chi connectivity index (χ3n) is 2.97. The van der Waals surface area contributed by atoms with E-state index in [0.717, 1.165) is 6.54 Å². The van der Waals surface area contributed by atoms with Crippen LogP contribution in [-0.2, 0) is 0 Å². The van der Waals surface area contributed by atoms with Gasteiger partial charge in [-0.1, -0.05) is 42.8 Å². The molecule has 0 bridgehead atoms. The number of hydrogen-bond donors (Lipinski definition) is 1. The molecule has 0 saturated heterocycles. The zero-order valence-corrected chi connectivity index (χ0v) is 12.5. The quantitative estimate of drug-likeness (QED) is 0.865. The van der Waals surface area contributed by atoms with Gasteiger partial charge in [0.2, 0.25) is 0 Å². The van der Waals surface area contributed by atoms with E-state index in [2.05, 4.69) is 68.0 Å². The van der Waals surface area contributed by atoms with Crippen molar-refractivity contribution in [2.45, 2.75) is 40.7 Å². The van der Waals surface area contributed by atoms with Gasteiger partial charge in [0.15, 0.2) is 0 Å². The molecule has 0 radical (unpaired) electrons. The molecule has 16 heavy (non-hydrogen) atoms. The van der Waals surface area contributed by atoms with Crippen LogP contribution in [0.5, 0.6) is 0 Å². The second-order valence-electron chi connectivity index (χ2n) is 4.74. The molecular formula is C14H22BrN. The average molecular weight is 284 g/mol. The van der Waals surface area contributed by atoms with Gasteiger partial charge < -0.3 is 5.32 Å². The lowest BCUT2D eigenvalue weighted by molar-refractivity contribution is 0.420. The summed E-state index contributed by atoms with van der Waals surface area (Å²) in [6.07, 6.45) is 0. The molecule has 1 nitrogen and oxygen atoms in total. The van der Waals surface area contributed by atoms with Crippen LogP contribution in [-0.4, -0.2) is 6.54 Å². The van der Waals surface area contributed by atoms with E-state index in [1.54, 1.807) is 0 Å². The summed E-state index contributed by atoms with van der Waals surface area (Å²) in [5, 5.41) is 3.57. The summed E-state index contributed by atoms with van der Waals surface area (Å²) in [4.78, 5) is 0. The zero-order chi connectivity index (χ0) is 12.3. The van der Waals surface area contributed by atoms with E-state index in [0.29, 0.717) is 12.0 Å². The van der Waals surface area contributed by atoms with Crippen LogP contribution in [0.1, 0.15) is 43.5 Å². The first-order chi connectivity index (χ1) is 7.47. The molecule has 1 aromatic carbocycles. The van der Waals surface area contributed by atoms with Crippen LogP contribution < -0.4 is 5.32 Å². The number of nitrogens with one attached hydrogen (secondary N) is 1. The minimum Gasteiger partial charge on any atom is -0.310 e. The standard InChI is InChI=1S/C14H22BrN/c1-6-16-14(9(2)3)12-7-11(5)13(15)8-10(12)4/h7-9,14,16H,6H2,1-5H3. The molecule has 1 atom stereocenters. The van der Waals surface area contributed by atoms with Gasteiger partial charge in [-0.25, -0.2) is 0 Å². The van der Waals surface area contributed by atoms with Gasteiger partial charge in [0, 0.05) is 10.5 Å². The van der Waals surface area contributed by atoms with Gasteiger partial charge in [-0.05, 0) is 49.1 Å². The second kappa shape index (κ2) is 5.83. The van der Waals surface area contributed by atoms with Crippen molar-refractivity contribution in [2.24, 2.45) is 5.92 Å². The van der Waals surface area contributed by atoms with Crippen molar-refractivity contribution in [1.82, 2.24) is 5.32 Å². The van der Waals surface area contributed by atoms with Gasteiger partial charge in [-0.3, -0.25) is 0 Å². The summed E-state index contributed by atoms with van der Waals surface area (Å²) in [5.74, 6) is 0.610. The van der Waals surface area contributed by atoms with Gasteiger partial charge in [-0.2, -0.15) is 0 Å². The summed E-state index contributed by atoms with van der Waals surface area (Å²) >= 11 is 3.58. The molecule has 1 aromatic rings. The molecule has 0 saturated carbocycles. The molecule has 1 unspecified atom stereocenters. The van der Waals surface area contributed by atoms with E-state index < -0.39 is 0 Å². The van der Waals surface area contributed by atoms with Gasteiger partial charge in [0.05, 0.1) is 0 Å². The number of halogens is 1. The van der Waals surface area contributed by atoms with Crippen LogP contribution in [0.3, 0.4) is 0 Å². The maximum absolute atomic E-state index is 3.58. The second-order valence-corrected chi connectivity index (χ2v) is 5.59. The lowest BCUT2D eigenvalue weighted by Crippen LogP contribution is -2.26. The lowest BCUT2D eigenvalue weighted by atomic mass is 9.91. The molecule has 2 heteroatoms. The molecule has 90 valence electrons. The average Bonchev–Trinajstić information content (AvgIpc) is 2.20. The Kier molecular flexibility index (Phi) is 5.00. The Hall–Kier alpha value is -0.340. The van der Waals surface area contributed by atoms with Crippen molar-refractivity contribution in [2.75, 3.05) is 6.54 Å². The summed E-state index contributed by atoms with van der Waals surface area (Å²) in [6, 6.07) is 4.97. The molecular weight excluding hydrogens is 262 g/mol. The Labute approximate surface area is 108 Å². The van der Waals surface area contributed by atoms with Crippen LogP contribution in [0, 0.1) is 19.8 Å². The maximum atomic E-state index is 3.58. The zero-order valence-electron chi connectivity index (χ0n) is 10.9. The largest absolute Gasteiger partial charge is 0.310 e. The number of hydrogen-bond acceptors (Lipinski definition) is 1. The normalized spacial score (nSPS) is 13.2. The van der Waals surface area contributed by atoms with E-state index in [-0.39, 0.29) is 0 Å². The molecule has 0 heterocycles. The summed E-state index contributed by atoms with van der Waals surface area (Å²) < 4.78 is 1.20. The van der Waals surface area contributed by atoms with Gasteiger partial charge in [-0.15, -0.1) is 0 Å². The first-order valence-electron chi connectivity index (χ1n) is 5.97. The number of benzene rings is 1. The monoisotopic (exact) mass is 283 g/mol. The summed E-state index contributed by atoms with van der Waals surface area (Å²) in [6.45, 7) is 12.0. The minimum atomic E-state index is 0.455. The van der Waals surface area contributed by atoms with Crippen molar-refractivity contribution in [3.8, 4) is 0 Å². The predicted octanol–water partition coefficient (Wildman–Crippen LogP) is 4.37. The van der Waals surface area contributed by atoms with E-state index in [1.807, 2.05) is 0 Å². The molecule has 0 fully saturated rings. The highest BCUT2D eigenvalue weighted by atomic mass is 79.9. The topological polar surface area (TPSA) is 12.0 Å². The minimum absolute atomic E-state index is 0.455. The molecule has 0 aromatic heterocycles. The molecule has 1 rings (SSSR count). The van der Waals surface area contributed by atoms with Crippen molar-refractivity contribution in [3.05, 3.63) is 33.3 Å². The first-order valence-corrected chi connectivity index (χ1v) is 6.76. The third-order valence-corrected chi connectivity index (χ3v) is 3.83. The summed E-state index contributed by atoms with van der Waals surface area (Å²) in [5.41, 5.74) is 4.10. The molecule has 0 aliphatic heterocycles. The molecule has 0 amide bonds. The van der Waals surface area contributed by atoms with Crippen LogP contribution in [0.15, 0.2) is 16.6 Å². The van der Waals surface area contributed by atoms with E-state index >= 15 is 0 Å². The van der Waals surface area contributed by atoms with Crippen molar-refractivity contribution >= 4 is 15.9 Å². The van der Waals surface area contributed by atoms with Gasteiger partial charge >= 0.3 is 0 Å². The lowest BCUT2D eigenvalue weighted by Gasteiger charge is -2.24. The highest BCUT2D eigenvalue weighted by Crippen LogP contribution is 2.29. The molecule has 0 aliphatic rings. The van der Waals surface area contributed by atoms with Crippen LogP contribution in [0.25, 0.3) is 0 Å². The first kappa shape index (κ1) is 13.7. The highest BCUT2D eigenvalue weighted by molar-refractivity contribution is 9.10. The van der Waals surface area contributed by atoms with Crippen molar-refractivity contribution in [1.29, 1.82) is 0 Å². The molecule has 0 aliphatic carbocycles. The Bertz CT molecular complexity index is 358. The van der Waals surface area contributed by atoms with Gasteiger partial charge in [0.1, 0.15) is 0 Å².